The van der Waals surface area contributed by atoms with Crippen LogP contribution in [-0.2, 0) is 0 Å². The zero-order valence-corrected chi connectivity index (χ0v) is 8.64. The molecule has 1 nitrogen and oxygen atoms in total. The monoisotopic (exact) mass is 250 g/mol. The molecule has 4 heteroatoms. The lowest BCUT2D eigenvalue weighted by Crippen LogP contribution is -2.07. The highest BCUT2D eigenvalue weighted by Gasteiger charge is 2.05. The molecule has 0 N–H and O–H groups in total. The van der Waals surface area contributed by atoms with Gasteiger partial charge in [-0.15, -0.1) is 0 Å². The van der Waals surface area contributed by atoms with Gasteiger partial charge in [-0.25, -0.2) is 8.78 Å². The Morgan fingerprint density at radius 3 is 2.69 bits per heavy atom. The minimum Gasteiger partial charge on any atom is -0.487 e. The summed E-state index contributed by atoms with van der Waals surface area (Å²) in [6, 6.07) is 5.25. The van der Waals surface area contributed by atoms with Crippen molar-refractivity contribution in [2.75, 3.05) is 6.61 Å². The summed E-state index contributed by atoms with van der Waals surface area (Å²) in [5.41, 5.74) is 0.843. The van der Waals surface area contributed by atoms with E-state index in [1.807, 2.05) is 13.0 Å². The van der Waals surface area contributed by atoms with E-state index in [-0.39, 0.29) is 0 Å². The Kier molecular flexibility index (Phi) is 3.66. The van der Waals surface area contributed by atoms with Gasteiger partial charge in [-0.05, 0) is 30.7 Å². The predicted molar refractivity (Wildman–Crippen MR) is 50.4 cm³/mol. The summed E-state index contributed by atoms with van der Waals surface area (Å²) < 4.78 is 29.4. The maximum absolute atomic E-state index is 11.8. The molecule has 0 heterocycles. The van der Waals surface area contributed by atoms with E-state index in [1.54, 1.807) is 12.1 Å². The quantitative estimate of drug-likeness (QED) is 0.799. The molecule has 0 unspecified atom stereocenters. The van der Waals surface area contributed by atoms with Gasteiger partial charge in [-0.3, -0.25) is 0 Å². The molecule has 1 aromatic carbocycles. The summed E-state index contributed by atoms with van der Waals surface area (Å²) in [6.45, 7) is 1.26. The lowest BCUT2D eigenvalue weighted by Gasteiger charge is -2.08. The standard InChI is InChI=1S/C9H9BrF2O/c1-6-4-7(10)2-3-8(6)13-5-9(11)12/h2-4,9H,5H2,1H3. The second-order valence-electron chi connectivity index (χ2n) is 2.61. The van der Waals surface area contributed by atoms with Crippen molar-refractivity contribution in [1.29, 1.82) is 0 Å². The van der Waals surface area contributed by atoms with Crippen molar-refractivity contribution in [1.82, 2.24) is 0 Å². The van der Waals surface area contributed by atoms with Gasteiger partial charge in [0.2, 0.25) is 0 Å². The maximum Gasteiger partial charge on any atom is 0.272 e. The molecule has 0 aliphatic heterocycles. The molecular weight excluding hydrogens is 242 g/mol. The van der Waals surface area contributed by atoms with Crippen molar-refractivity contribution in [2.24, 2.45) is 0 Å². The van der Waals surface area contributed by atoms with Crippen LogP contribution in [0.25, 0.3) is 0 Å². The fourth-order valence-electron chi connectivity index (χ4n) is 0.928. The highest BCUT2D eigenvalue weighted by Crippen LogP contribution is 2.22. The molecule has 1 aromatic rings. The molecule has 0 atom stereocenters. The van der Waals surface area contributed by atoms with Gasteiger partial charge in [-0.2, -0.15) is 0 Å². The largest absolute Gasteiger partial charge is 0.487 e. The molecule has 0 aliphatic rings. The number of ether oxygens (including phenoxy) is 1. The van der Waals surface area contributed by atoms with Gasteiger partial charge in [0.1, 0.15) is 12.4 Å². The molecule has 1 rings (SSSR count). The molecule has 13 heavy (non-hydrogen) atoms. The van der Waals surface area contributed by atoms with Crippen molar-refractivity contribution < 1.29 is 13.5 Å². The molecule has 0 radical (unpaired) electrons. The van der Waals surface area contributed by atoms with Crippen LogP contribution in [0.3, 0.4) is 0 Å². The summed E-state index contributed by atoms with van der Waals surface area (Å²) in [7, 11) is 0. The highest BCUT2D eigenvalue weighted by molar-refractivity contribution is 9.10. The topological polar surface area (TPSA) is 9.23 Å². The van der Waals surface area contributed by atoms with E-state index in [4.69, 9.17) is 4.74 Å². The van der Waals surface area contributed by atoms with Crippen LogP contribution in [0, 0.1) is 6.92 Å². The first-order chi connectivity index (χ1) is 6.09. The van der Waals surface area contributed by atoms with Gasteiger partial charge in [0.25, 0.3) is 6.43 Å². The van der Waals surface area contributed by atoms with E-state index in [0.717, 1.165) is 10.0 Å². The molecule has 0 bridgehead atoms. The van der Waals surface area contributed by atoms with E-state index in [9.17, 15) is 8.78 Å². The van der Waals surface area contributed by atoms with Crippen molar-refractivity contribution in [3.05, 3.63) is 28.2 Å². The van der Waals surface area contributed by atoms with E-state index in [2.05, 4.69) is 15.9 Å². The summed E-state index contributed by atoms with van der Waals surface area (Å²) in [5, 5.41) is 0. The van der Waals surface area contributed by atoms with Crippen LogP contribution in [0.15, 0.2) is 22.7 Å². The number of aryl methyl sites for hydroxylation is 1. The molecule has 0 fully saturated rings. The van der Waals surface area contributed by atoms with Gasteiger partial charge in [0, 0.05) is 4.47 Å². The Hall–Kier alpha value is -0.640. The average molecular weight is 251 g/mol. The molecule has 0 spiro atoms. The van der Waals surface area contributed by atoms with Gasteiger partial charge < -0.3 is 4.74 Å². The maximum atomic E-state index is 11.8. The summed E-state index contributed by atoms with van der Waals surface area (Å²) >= 11 is 3.27. The first-order valence-corrected chi connectivity index (χ1v) is 4.56. The summed E-state index contributed by atoms with van der Waals surface area (Å²) in [5.74, 6) is 0.503. The number of rotatable bonds is 3. The zero-order chi connectivity index (χ0) is 9.84. The van der Waals surface area contributed by atoms with E-state index >= 15 is 0 Å². The minimum atomic E-state index is -2.43. The first kappa shape index (κ1) is 10.4. The van der Waals surface area contributed by atoms with Crippen LogP contribution in [-0.4, -0.2) is 13.0 Å². The second-order valence-corrected chi connectivity index (χ2v) is 3.53. The van der Waals surface area contributed by atoms with E-state index in [1.165, 1.54) is 0 Å². The third-order valence-electron chi connectivity index (χ3n) is 1.50. The van der Waals surface area contributed by atoms with Gasteiger partial charge >= 0.3 is 0 Å². The molecule has 0 aromatic heterocycles. The second kappa shape index (κ2) is 4.56. The number of halogens is 3. The number of hydrogen-bond donors (Lipinski definition) is 0. The molecule has 0 amide bonds. The Labute approximate surface area is 83.8 Å². The average Bonchev–Trinajstić information content (AvgIpc) is 2.02. The molecule has 0 aliphatic carbocycles. The highest BCUT2D eigenvalue weighted by atomic mass is 79.9. The van der Waals surface area contributed by atoms with Crippen molar-refractivity contribution in [3.63, 3.8) is 0 Å². The third kappa shape index (κ3) is 3.30. The SMILES string of the molecule is Cc1cc(Br)ccc1OCC(F)F. The minimum absolute atomic E-state index is 0.503. The van der Waals surface area contributed by atoms with Crippen molar-refractivity contribution in [2.45, 2.75) is 13.3 Å². The van der Waals surface area contributed by atoms with Gasteiger partial charge in [-0.1, -0.05) is 15.9 Å². The fourth-order valence-corrected chi connectivity index (χ4v) is 1.40. The van der Waals surface area contributed by atoms with E-state index < -0.39 is 13.0 Å². The number of alkyl halides is 2. The molecular formula is C9H9BrF2O. The summed E-state index contributed by atoms with van der Waals surface area (Å²) in [4.78, 5) is 0. The van der Waals surface area contributed by atoms with Crippen molar-refractivity contribution in [3.8, 4) is 5.75 Å². The predicted octanol–water partition coefficient (Wildman–Crippen LogP) is 3.40. The Bertz CT molecular complexity index is 289. The smallest absolute Gasteiger partial charge is 0.272 e. The van der Waals surface area contributed by atoms with Crippen molar-refractivity contribution >= 4 is 15.9 Å². The zero-order valence-electron chi connectivity index (χ0n) is 7.06. The first-order valence-electron chi connectivity index (χ1n) is 3.76. The number of benzene rings is 1. The lowest BCUT2D eigenvalue weighted by molar-refractivity contribution is 0.0816. The van der Waals surface area contributed by atoms with Crippen LogP contribution in [0.5, 0.6) is 5.75 Å². The third-order valence-corrected chi connectivity index (χ3v) is 2.00. The Morgan fingerprint density at radius 1 is 1.46 bits per heavy atom. The van der Waals surface area contributed by atoms with Gasteiger partial charge in [0.05, 0.1) is 0 Å². The van der Waals surface area contributed by atoms with Crippen LogP contribution in [0.2, 0.25) is 0 Å². The van der Waals surface area contributed by atoms with Crippen LogP contribution in [0.1, 0.15) is 5.56 Å². The van der Waals surface area contributed by atoms with Crippen LogP contribution < -0.4 is 4.74 Å². The molecule has 0 saturated carbocycles. The lowest BCUT2D eigenvalue weighted by atomic mass is 10.2. The number of hydrogen-bond acceptors (Lipinski definition) is 1. The van der Waals surface area contributed by atoms with Gasteiger partial charge in [0.15, 0.2) is 0 Å². The normalized spacial score (nSPS) is 10.5. The molecule has 72 valence electrons. The Balaban J connectivity index is 2.67. The summed E-state index contributed by atoms with van der Waals surface area (Å²) in [6.07, 6.45) is -2.43. The van der Waals surface area contributed by atoms with Crippen LogP contribution in [0.4, 0.5) is 8.78 Å². The Morgan fingerprint density at radius 2 is 2.15 bits per heavy atom. The molecule has 0 saturated heterocycles. The van der Waals surface area contributed by atoms with E-state index in [0.29, 0.717) is 5.75 Å². The van der Waals surface area contributed by atoms with Crippen LogP contribution >= 0.6 is 15.9 Å². The fraction of sp³-hybridized carbons (Fsp3) is 0.333.